The molecule has 4 nitrogen and oxygen atoms in total. The minimum atomic E-state index is 0.718. The number of nitrogens with zero attached hydrogens (tertiary/aromatic N) is 1. The molecule has 0 bridgehead atoms. The van der Waals surface area contributed by atoms with E-state index in [1.807, 2.05) is 36.4 Å². The normalized spacial score (nSPS) is 14.0. The van der Waals surface area contributed by atoms with Gasteiger partial charge in [-0.1, -0.05) is 18.2 Å². The van der Waals surface area contributed by atoms with E-state index < -0.39 is 0 Å². The van der Waals surface area contributed by atoms with Gasteiger partial charge in [0.05, 0.1) is 19.4 Å². The van der Waals surface area contributed by atoms with Crippen LogP contribution in [0.4, 0.5) is 11.4 Å². The fourth-order valence-electron chi connectivity index (χ4n) is 2.66. The van der Waals surface area contributed by atoms with Crippen LogP contribution in [0, 0.1) is 0 Å². The predicted octanol–water partition coefficient (Wildman–Crippen LogP) is 3.07. The van der Waals surface area contributed by atoms with Crippen molar-refractivity contribution >= 4 is 11.4 Å². The molecular formula is C17H20N2O2. The molecule has 0 radical (unpaired) electrons. The van der Waals surface area contributed by atoms with E-state index in [0.29, 0.717) is 0 Å². The molecule has 2 N–H and O–H groups in total. The average molecular weight is 284 g/mol. The Morgan fingerprint density at radius 2 is 2.10 bits per heavy atom. The first-order valence-electron chi connectivity index (χ1n) is 7.17. The van der Waals surface area contributed by atoms with Crippen molar-refractivity contribution in [1.82, 2.24) is 0 Å². The van der Waals surface area contributed by atoms with Crippen molar-refractivity contribution in [2.24, 2.45) is 0 Å². The van der Waals surface area contributed by atoms with Crippen LogP contribution in [0.1, 0.15) is 12.0 Å². The van der Waals surface area contributed by atoms with Crippen molar-refractivity contribution in [2.75, 3.05) is 30.9 Å². The third-order valence-corrected chi connectivity index (χ3v) is 3.71. The number of hydrogen-bond acceptors (Lipinski definition) is 4. The van der Waals surface area contributed by atoms with Gasteiger partial charge in [-0.15, -0.1) is 0 Å². The average Bonchev–Trinajstić information content (AvgIpc) is 2.71. The Morgan fingerprint density at radius 3 is 2.95 bits per heavy atom. The van der Waals surface area contributed by atoms with Crippen LogP contribution in [0.5, 0.6) is 11.5 Å². The number of ether oxygens (including phenoxy) is 2. The molecule has 2 aromatic carbocycles. The van der Waals surface area contributed by atoms with Crippen molar-refractivity contribution in [3.63, 3.8) is 0 Å². The highest BCUT2D eigenvalue weighted by Gasteiger charge is 2.17. The van der Waals surface area contributed by atoms with Crippen molar-refractivity contribution in [3.8, 4) is 11.5 Å². The highest BCUT2D eigenvalue weighted by atomic mass is 16.5. The maximum absolute atomic E-state index is 5.82. The Kier molecular flexibility index (Phi) is 3.86. The zero-order valence-electron chi connectivity index (χ0n) is 12.2. The second-order valence-electron chi connectivity index (χ2n) is 5.16. The summed E-state index contributed by atoms with van der Waals surface area (Å²) >= 11 is 0. The number of benzene rings is 2. The van der Waals surface area contributed by atoms with E-state index in [-0.39, 0.29) is 0 Å². The van der Waals surface area contributed by atoms with Crippen LogP contribution in [-0.4, -0.2) is 20.3 Å². The summed E-state index contributed by atoms with van der Waals surface area (Å²) in [5.74, 6) is 1.78. The van der Waals surface area contributed by atoms with Crippen LogP contribution in [0.15, 0.2) is 42.5 Å². The smallest absolute Gasteiger partial charge is 0.142 e. The summed E-state index contributed by atoms with van der Waals surface area (Å²) in [6.07, 6.45) is 1.01. The summed E-state index contributed by atoms with van der Waals surface area (Å²) in [4.78, 5) is 2.33. The Morgan fingerprint density at radius 1 is 1.24 bits per heavy atom. The lowest BCUT2D eigenvalue weighted by Crippen LogP contribution is -2.23. The molecule has 0 unspecified atom stereocenters. The van der Waals surface area contributed by atoms with Crippen LogP contribution in [0.3, 0.4) is 0 Å². The lowest BCUT2D eigenvalue weighted by atomic mass is 10.1. The third kappa shape index (κ3) is 2.89. The van der Waals surface area contributed by atoms with Crippen molar-refractivity contribution in [2.45, 2.75) is 13.0 Å². The minimum absolute atomic E-state index is 0.718. The summed E-state index contributed by atoms with van der Waals surface area (Å²) in [5.41, 5.74) is 8.80. The first-order valence-corrected chi connectivity index (χ1v) is 7.17. The topological polar surface area (TPSA) is 47.7 Å². The molecular weight excluding hydrogens is 264 g/mol. The SMILES string of the molecule is COc1cc(N)ccc1CN1CCCOc2ccccc21. The van der Waals surface area contributed by atoms with Gasteiger partial charge in [-0.25, -0.2) is 0 Å². The van der Waals surface area contributed by atoms with Gasteiger partial charge in [0, 0.05) is 30.4 Å². The second-order valence-corrected chi connectivity index (χ2v) is 5.16. The molecule has 0 saturated carbocycles. The fraction of sp³-hybridized carbons (Fsp3) is 0.294. The lowest BCUT2D eigenvalue weighted by Gasteiger charge is -2.24. The molecule has 2 aromatic rings. The number of para-hydroxylation sites is 2. The van der Waals surface area contributed by atoms with Crippen molar-refractivity contribution < 1.29 is 9.47 Å². The first-order chi connectivity index (χ1) is 10.3. The second kappa shape index (κ2) is 5.95. The van der Waals surface area contributed by atoms with Crippen LogP contribution >= 0.6 is 0 Å². The molecule has 0 amide bonds. The summed E-state index contributed by atoms with van der Waals surface area (Å²) in [6, 6.07) is 14.0. The molecule has 3 rings (SSSR count). The highest BCUT2D eigenvalue weighted by molar-refractivity contribution is 5.60. The molecule has 0 aliphatic carbocycles. The third-order valence-electron chi connectivity index (χ3n) is 3.71. The van der Waals surface area contributed by atoms with Gasteiger partial charge in [-0.2, -0.15) is 0 Å². The van der Waals surface area contributed by atoms with E-state index in [0.717, 1.165) is 54.6 Å². The predicted molar refractivity (Wildman–Crippen MR) is 85.0 cm³/mol. The molecule has 1 aliphatic heterocycles. The van der Waals surface area contributed by atoms with E-state index in [1.54, 1.807) is 7.11 Å². The van der Waals surface area contributed by atoms with Crippen molar-refractivity contribution in [3.05, 3.63) is 48.0 Å². The molecule has 1 aliphatic rings. The largest absolute Gasteiger partial charge is 0.496 e. The summed E-state index contributed by atoms with van der Waals surface area (Å²) < 4.78 is 11.2. The zero-order valence-corrected chi connectivity index (χ0v) is 12.2. The molecule has 4 heteroatoms. The number of nitrogens with two attached hydrogens (primary N) is 1. The number of nitrogen functional groups attached to an aromatic ring is 1. The Labute approximate surface area is 125 Å². The molecule has 0 spiro atoms. The first kappa shape index (κ1) is 13.6. The Hall–Kier alpha value is -2.36. The van der Waals surface area contributed by atoms with E-state index in [9.17, 15) is 0 Å². The number of fused-ring (bicyclic) bond motifs is 1. The quantitative estimate of drug-likeness (QED) is 0.880. The Bertz CT molecular complexity index is 628. The fourth-order valence-corrected chi connectivity index (χ4v) is 2.66. The van der Waals surface area contributed by atoms with Gasteiger partial charge in [0.15, 0.2) is 0 Å². The number of rotatable bonds is 3. The highest BCUT2D eigenvalue weighted by Crippen LogP contribution is 2.33. The van der Waals surface area contributed by atoms with Crippen LogP contribution < -0.4 is 20.1 Å². The van der Waals surface area contributed by atoms with Gasteiger partial charge in [-0.05, 0) is 24.6 Å². The van der Waals surface area contributed by atoms with E-state index in [4.69, 9.17) is 15.2 Å². The van der Waals surface area contributed by atoms with E-state index >= 15 is 0 Å². The van der Waals surface area contributed by atoms with Gasteiger partial charge < -0.3 is 20.1 Å². The lowest BCUT2D eigenvalue weighted by molar-refractivity contribution is 0.322. The molecule has 1 heterocycles. The van der Waals surface area contributed by atoms with Crippen molar-refractivity contribution in [1.29, 1.82) is 0 Å². The molecule has 0 saturated heterocycles. The van der Waals surface area contributed by atoms with Gasteiger partial charge in [0.1, 0.15) is 11.5 Å². The van der Waals surface area contributed by atoms with Gasteiger partial charge >= 0.3 is 0 Å². The van der Waals surface area contributed by atoms with Gasteiger partial charge in [-0.3, -0.25) is 0 Å². The molecule has 110 valence electrons. The van der Waals surface area contributed by atoms with Crippen LogP contribution in [0.25, 0.3) is 0 Å². The molecule has 0 fully saturated rings. The standard InChI is InChI=1S/C17H20N2O2/c1-20-17-11-14(18)8-7-13(17)12-19-9-4-10-21-16-6-3-2-5-15(16)19/h2-3,5-8,11H,4,9-10,12,18H2,1H3. The van der Waals surface area contributed by atoms with Gasteiger partial charge in [0.2, 0.25) is 0 Å². The van der Waals surface area contributed by atoms with E-state index in [1.165, 1.54) is 0 Å². The summed E-state index contributed by atoms with van der Waals surface area (Å²) in [5, 5.41) is 0. The van der Waals surface area contributed by atoms with Crippen LogP contribution in [0.2, 0.25) is 0 Å². The number of hydrogen-bond donors (Lipinski definition) is 1. The summed E-state index contributed by atoms with van der Waals surface area (Å²) in [7, 11) is 1.68. The monoisotopic (exact) mass is 284 g/mol. The van der Waals surface area contributed by atoms with Gasteiger partial charge in [0.25, 0.3) is 0 Å². The molecule has 21 heavy (non-hydrogen) atoms. The number of anilines is 2. The molecule has 0 aromatic heterocycles. The van der Waals surface area contributed by atoms with E-state index in [2.05, 4.69) is 11.0 Å². The Balaban J connectivity index is 1.91. The summed E-state index contributed by atoms with van der Waals surface area (Å²) in [6.45, 7) is 2.50. The van der Waals surface area contributed by atoms with Crippen LogP contribution in [-0.2, 0) is 6.54 Å². The molecule has 0 atom stereocenters. The minimum Gasteiger partial charge on any atom is -0.496 e. The zero-order chi connectivity index (χ0) is 14.7. The maximum Gasteiger partial charge on any atom is 0.142 e. The number of methoxy groups -OCH3 is 1. The maximum atomic E-state index is 5.82.